The molecular weight excluding hydrogens is 474 g/mol. The molecule has 7 nitrogen and oxygen atoms in total. The van der Waals surface area contributed by atoms with Crippen molar-refractivity contribution in [1.29, 1.82) is 0 Å². The number of aliphatic hydroxyl groups is 1. The Labute approximate surface area is 213 Å². The molecular formula is C28H26F2N6O. The van der Waals surface area contributed by atoms with Gasteiger partial charge in [0.05, 0.1) is 40.0 Å². The molecule has 2 aliphatic carbocycles. The molecule has 0 saturated heterocycles. The predicted molar refractivity (Wildman–Crippen MR) is 132 cm³/mol. The highest BCUT2D eigenvalue weighted by Crippen LogP contribution is 2.69. The normalized spacial score (nSPS) is 22.2. The minimum Gasteiger partial charge on any atom is -0.385 e. The molecule has 6 rings (SSSR count). The third-order valence-electron chi connectivity index (χ3n) is 8.33. The molecule has 2 bridgehead atoms. The number of hydrogen-bond acceptors (Lipinski definition) is 7. The van der Waals surface area contributed by atoms with Gasteiger partial charge >= 0.3 is 0 Å². The molecule has 0 spiro atoms. The van der Waals surface area contributed by atoms with Crippen LogP contribution in [-0.2, 0) is 5.41 Å². The Kier molecular flexibility index (Phi) is 5.38. The number of aliphatic hydroxyl groups excluding tert-OH is 1. The summed E-state index contributed by atoms with van der Waals surface area (Å²) >= 11 is 0. The summed E-state index contributed by atoms with van der Waals surface area (Å²) in [4.78, 5) is 18.1. The van der Waals surface area contributed by atoms with E-state index >= 15 is 0 Å². The molecule has 37 heavy (non-hydrogen) atoms. The molecule has 3 aromatic heterocycles. The zero-order valence-electron chi connectivity index (χ0n) is 20.8. The van der Waals surface area contributed by atoms with Crippen LogP contribution in [0.2, 0.25) is 0 Å². The highest BCUT2D eigenvalue weighted by atomic mass is 19.1. The maximum absolute atomic E-state index is 14.5. The maximum Gasteiger partial charge on any atom is 0.156 e. The van der Waals surface area contributed by atoms with Crippen molar-refractivity contribution in [2.75, 3.05) is 0 Å². The number of aromatic nitrogens is 6. The van der Waals surface area contributed by atoms with Crippen molar-refractivity contribution in [3.63, 3.8) is 0 Å². The average molecular weight is 501 g/mol. The van der Waals surface area contributed by atoms with Crippen LogP contribution in [0.25, 0.3) is 22.5 Å². The minimum absolute atomic E-state index is 0.134. The van der Waals surface area contributed by atoms with Gasteiger partial charge in [0, 0.05) is 24.2 Å². The van der Waals surface area contributed by atoms with Gasteiger partial charge in [-0.3, -0.25) is 4.98 Å². The number of nitrogens with zero attached hydrogens (tertiary/aromatic N) is 6. The standard InChI is InChI=1S/C28H26F2N6O/c1-4-22(37)26-32-11-15(12-33-26)21-13-31-14-23(34-21)28-9-8-17(27(28,2)3)16-10-20(35-36-25(16)28)24-18(29)6-5-7-19(24)30/h5-7,10-14,17,22,37H,4,8-9H2,1-3H3/t17-,22+,28-/m0/s1. The first kappa shape index (κ1) is 23.7. The van der Waals surface area contributed by atoms with Crippen LogP contribution in [0.4, 0.5) is 8.78 Å². The van der Waals surface area contributed by atoms with E-state index in [0.29, 0.717) is 23.5 Å². The van der Waals surface area contributed by atoms with E-state index in [4.69, 9.17) is 4.98 Å². The Morgan fingerprint density at radius 1 is 1.03 bits per heavy atom. The van der Waals surface area contributed by atoms with E-state index in [2.05, 4.69) is 39.0 Å². The largest absolute Gasteiger partial charge is 0.385 e. The van der Waals surface area contributed by atoms with E-state index in [0.717, 1.165) is 29.8 Å². The highest BCUT2D eigenvalue weighted by Gasteiger charge is 2.65. The summed E-state index contributed by atoms with van der Waals surface area (Å²) in [5, 5.41) is 18.9. The lowest BCUT2D eigenvalue weighted by Gasteiger charge is -2.37. The predicted octanol–water partition coefficient (Wildman–Crippen LogP) is 5.32. The second-order valence-corrected chi connectivity index (χ2v) is 10.4. The van der Waals surface area contributed by atoms with Gasteiger partial charge in [-0.1, -0.05) is 26.8 Å². The molecule has 0 unspecified atom stereocenters. The zero-order valence-corrected chi connectivity index (χ0v) is 20.8. The highest BCUT2D eigenvalue weighted by molar-refractivity contribution is 5.64. The molecule has 3 heterocycles. The Morgan fingerprint density at radius 2 is 1.76 bits per heavy atom. The van der Waals surface area contributed by atoms with Crippen molar-refractivity contribution in [1.82, 2.24) is 30.1 Å². The van der Waals surface area contributed by atoms with E-state index in [1.54, 1.807) is 30.9 Å². The van der Waals surface area contributed by atoms with Crippen LogP contribution in [0.5, 0.6) is 0 Å². The van der Waals surface area contributed by atoms with Crippen molar-refractivity contribution < 1.29 is 13.9 Å². The fourth-order valence-electron chi connectivity index (χ4n) is 6.29. The molecule has 1 N–H and O–H groups in total. The second kappa shape index (κ2) is 8.41. The van der Waals surface area contributed by atoms with Gasteiger partial charge in [-0.25, -0.2) is 23.7 Å². The van der Waals surface area contributed by atoms with Gasteiger partial charge < -0.3 is 5.11 Å². The van der Waals surface area contributed by atoms with E-state index in [-0.39, 0.29) is 22.6 Å². The molecule has 4 aromatic rings. The fourth-order valence-corrected chi connectivity index (χ4v) is 6.29. The van der Waals surface area contributed by atoms with Gasteiger partial charge in [0.2, 0.25) is 0 Å². The molecule has 9 heteroatoms. The molecule has 0 aliphatic heterocycles. The lowest BCUT2D eigenvalue weighted by atomic mass is 9.66. The van der Waals surface area contributed by atoms with Crippen molar-refractivity contribution in [3.8, 4) is 22.5 Å². The SMILES string of the molecule is CC[C@@H](O)c1ncc(-c2cncc([C@@]34CC[C@@H](c5cc(-c6c(F)cccc6F)nnc53)C4(C)C)n2)cn1. The third-order valence-corrected chi connectivity index (χ3v) is 8.33. The molecule has 3 atom stereocenters. The minimum atomic E-state index is -0.710. The monoisotopic (exact) mass is 500 g/mol. The first-order valence-corrected chi connectivity index (χ1v) is 12.4. The fraction of sp³-hybridized carbons (Fsp3) is 0.357. The molecule has 188 valence electrons. The van der Waals surface area contributed by atoms with E-state index in [1.807, 2.05) is 6.92 Å². The summed E-state index contributed by atoms with van der Waals surface area (Å²) in [5.74, 6) is -0.819. The molecule has 1 fully saturated rings. The first-order chi connectivity index (χ1) is 17.8. The van der Waals surface area contributed by atoms with E-state index in [1.165, 1.54) is 18.2 Å². The Bertz CT molecular complexity index is 1490. The van der Waals surface area contributed by atoms with Crippen LogP contribution in [0.15, 0.2) is 49.1 Å². The van der Waals surface area contributed by atoms with E-state index in [9.17, 15) is 13.9 Å². The number of rotatable bonds is 5. The average Bonchev–Trinajstić information content (AvgIpc) is 3.29. The number of benzene rings is 1. The van der Waals surface area contributed by atoms with Crippen molar-refractivity contribution in [2.45, 2.75) is 57.5 Å². The van der Waals surface area contributed by atoms with Crippen molar-refractivity contribution >= 4 is 0 Å². The summed E-state index contributed by atoms with van der Waals surface area (Å²) in [6.07, 6.45) is 8.25. The van der Waals surface area contributed by atoms with Crippen molar-refractivity contribution in [3.05, 3.63) is 83.5 Å². The number of hydrogen-bond donors (Lipinski definition) is 1. The quantitative estimate of drug-likeness (QED) is 0.396. The van der Waals surface area contributed by atoms with Crippen LogP contribution >= 0.6 is 0 Å². The summed E-state index contributed by atoms with van der Waals surface area (Å²) < 4.78 is 29.0. The number of fused-ring (bicyclic) bond motifs is 5. The summed E-state index contributed by atoms with van der Waals surface area (Å²) in [5.41, 5.74) is 3.05. The van der Waals surface area contributed by atoms with Crippen LogP contribution in [0.1, 0.15) is 74.8 Å². The number of halogens is 2. The van der Waals surface area contributed by atoms with Gasteiger partial charge in [-0.2, -0.15) is 5.10 Å². The Morgan fingerprint density at radius 3 is 2.46 bits per heavy atom. The van der Waals surface area contributed by atoms with Crippen LogP contribution < -0.4 is 0 Å². The summed E-state index contributed by atoms with van der Waals surface area (Å²) in [6, 6.07) is 5.58. The van der Waals surface area contributed by atoms with Gasteiger partial charge in [0.1, 0.15) is 17.7 Å². The first-order valence-electron chi connectivity index (χ1n) is 12.4. The van der Waals surface area contributed by atoms with Crippen LogP contribution in [-0.4, -0.2) is 35.2 Å². The van der Waals surface area contributed by atoms with Crippen molar-refractivity contribution in [2.24, 2.45) is 5.41 Å². The third kappa shape index (κ3) is 3.33. The molecule has 2 aliphatic rings. The summed E-state index contributed by atoms with van der Waals surface area (Å²) in [7, 11) is 0. The molecule has 1 aromatic carbocycles. The summed E-state index contributed by atoms with van der Waals surface area (Å²) in [6.45, 7) is 6.24. The van der Waals surface area contributed by atoms with Gasteiger partial charge in [-0.05, 0) is 54.4 Å². The van der Waals surface area contributed by atoms with Gasteiger partial charge in [0.25, 0.3) is 0 Å². The Hall–Kier alpha value is -3.72. The lowest BCUT2D eigenvalue weighted by molar-refractivity contribution is 0.163. The topological polar surface area (TPSA) is 97.6 Å². The Balaban J connectivity index is 1.45. The lowest BCUT2D eigenvalue weighted by Crippen LogP contribution is -2.38. The smallest absolute Gasteiger partial charge is 0.156 e. The second-order valence-electron chi connectivity index (χ2n) is 10.4. The molecule has 0 amide bonds. The van der Waals surface area contributed by atoms with E-state index < -0.39 is 23.2 Å². The van der Waals surface area contributed by atoms with Crippen LogP contribution in [0.3, 0.4) is 0 Å². The zero-order chi connectivity index (χ0) is 25.9. The van der Waals surface area contributed by atoms with Gasteiger partial charge in [-0.15, -0.1) is 5.10 Å². The van der Waals surface area contributed by atoms with Gasteiger partial charge in [0.15, 0.2) is 5.82 Å². The maximum atomic E-state index is 14.5. The molecule has 1 saturated carbocycles. The van der Waals surface area contributed by atoms with Crippen LogP contribution in [0, 0.1) is 17.0 Å². The molecule has 0 radical (unpaired) electrons.